The van der Waals surface area contributed by atoms with Crippen LogP contribution in [0.3, 0.4) is 0 Å². The molecule has 5 heteroatoms. The average molecular weight is 273 g/mol. The van der Waals surface area contributed by atoms with Crippen LogP contribution in [0.2, 0.25) is 0 Å². The molecule has 0 amide bonds. The van der Waals surface area contributed by atoms with Crippen molar-refractivity contribution >= 4 is 5.91 Å². The topological polar surface area (TPSA) is 57.0 Å². The van der Waals surface area contributed by atoms with Crippen LogP contribution in [0.1, 0.15) is 31.1 Å². The van der Waals surface area contributed by atoms with Crippen molar-refractivity contribution < 1.29 is 9.53 Å². The lowest BCUT2D eigenvalue weighted by atomic mass is 9.95. The van der Waals surface area contributed by atoms with Gasteiger partial charge in [-0.05, 0) is 12.5 Å². The Balaban J connectivity index is 2.62. The average Bonchev–Trinajstić information content (AvgIpc) is 2.81. The molecule has 0 aliphatic carbocycles. The van der Waals surface area contributed by atoms with Crippen LogP contribution >= 0.6 is 0 Å². The molecule has 0 bridgehead atoms. The Morgan fingerprint density at radius 1 is 1.25 bits per heavy atom. The Kier molecular flexibility index (Phi) is 3.61. The fourth-order valence-electron chi connectivity index (χ4n) is 1.84. The molecule has 0 aliphatic heterocycles. The molecule has 0 atom stereocenters. The molecule has 5 nitrogen and oxygen atoms in total. The summed E-state index contributed by atoms with van der Waals surface area (Å²) in [7, 11) is 1.49. The van der Waals surface area contributed by atoms with E-state index >= 15 is 0 Å². The third-order valence-electron chi connectivity index (χ3n) is 2.99. The van der Waals surface area contributed by atoms with Crippen LogP contribution in [0.5, 0.6) is 6.01 Å². The first-order valence-electron chi connectivity index (χ1n) is 6.46. The molecule has 0 N–H and O–H groups in total. The summed E-state index contributed by atoms with van der Waals surface area (Å²) in [5, 5.41) is 4.15. The Hall–Kier alpha value is -2.17. The minimum Gasteiger partial charge on any atom is -0.466 e. The predicted octanol–water partition coefficient (Wildman–Crippen LogP) is 2.95. The zero-order valence-corrected chi connectivity index (χ0v) is 12.5. The second-order valence-corrected chi connectivity index (χ2v) is 5.70. The first kappa shape index (κ1) is 14.2. The highest BCUT2D eigenvalue weighted by Gasteiger charge is 2.28. The number of carbonyl (C=O) groups excluding carboxylic acids is 1. The van der Waals surface area contributed by atoms with E-state index in [0.29, 0.717) is 5.82 Å². The number of benzene rings is 1. The van der Waals surface area contributed by atoms with Crippen molar-refractivity contribution in [3.63, 3.8) is 0 Å². The van der Waals surface area contributed by atoms with Gasteiger partial charge in [0.2, 0.25) is 0 Å². The van der Waals surface area contributed by atoms with Crippen molar-refractivity contribution in [1.29, 1.82) is 0 Å². The number of carbonyl (C=O) groups is 1. The molecule has 1 aromatic carbocycles. The van der Waals surface area contributed by atoms with E-state index in [1.165, 1.54) is 11.8 Å². The first-order chi connectivity index (χ1) is 9.34. The SMILES string of the molecule is COc1nc(-c2ccccc2C)n(C(=O)C(C)(C)C)n1. The van der Waals surface area contributed by atoms with Gasteiger partial charge in [0.05, 0.1) is 7.11 Å². The van der Waals surface area contributed by atoms with Crippen LogP contribution in [0.15, 0.2) is 24.3 Å². The Morgan fingerprint density at radius 2 is 1.90 bits per heavy atom. The molecular formula is C15H19N3O2. The summed E-state index contributed by atoms with van der Waals surface area (Å²) in [6.45, 7) is 7.53. The highest BCUT2D eigenvalue weighted by molar-refractivity contribution is 5.86. The van der Waals surface area contributed by atoms with Gasteiger partial charge in [0.1, 0.15) is 0 Å². The minimum atomic E-state index is -0.545. The van der Waals surface area contributed by atoms with Gasteiger partial charge in [0.25, 0.3) is 5.91 Å². The van der Waals surface area contributed by atoms with Gasteiger partial charge in [-0.1, -0.05) is 45.0 Å². The summed E-state index contributed by atoms with van der Waals surface area (Å²) in [4.78, 5) is 16.8. The van der Waals surface area contributed by atoms with E-state index in [9.17, 15) is 4.79 Å². The molecule has 0 saturated carbocycles. The summed E-state index contributed by atoms with van der Waals surface area (Å²) in [5.74, 6) is 0.395. The molecule has 0 saturated heterocycles. The van der Waals surface area contributed by atoms with Gasteiger partial charge in [-0.25, -0.2) is 0 Å². The molecule has 0 aliphatic rings. The third-order valence-corrected chi connectivity index (χ3v) is 2.99. The van der Waals surface area contributed by atoms with E-state index in [-0.39, 0.29) is 11.9 Å². The molecule has 0 unspecified atom stereocenters. The van der Waals surface area contributed by atoms with Crippen molar-refractivity contribution in [1.82, 2.24) is 14.8 Å². The molecule has 0 fully saturated rings. The number of hydrogen-bond acceptors (Lipinski definition) is 4. The fraction of sp³-hybridized carbons (Fsp3) is 0.400. The monoisotopic (exact) mass is 273 g/mol. The zero-order valence-electron chi connectivity index (χ0n) is 12.5. The lowest BCUT2D eigenvalue weighted by Gasteiger charge is -2.17. The lowest BCUT2D eigenvalue weighted by molar-refractivity contribution is 0.0749. The van der Waals surface area contributed by atoms with Gasteiger partial charge in [-0.3, -0.25) is 4.79 Å². The van der Waals surface area contributed by atoms with E-state index in [1.54, 1.807) is 0 Å². The molecule has 0 radical (unpaired) electrons. The maximum Gasteiger partial charge on any atom is 0.336 e. The highest BCUT2D eigenvalue weighted by Crippen LogP contribution is 2.26. The first-order valence-corrected chi connectivity index (χ1v) is 6.46. The van der Waals surface area contributed by atoms with Crippen LogP contribution in [0, 0.1) is 12.3 Å². The van der Waals surface area contributed by atoms with Gasteiger partial charge in [0.15, 0.2) is 5.82 Å². The normalized spacial score (nSPS) is 11.4. The second kappa shape index (κ2) is 5.07. The van der Waals surface area contributed by atoms with E-state index in [1.807, 2.05) is 52.0 Å². The van der Waals surface area contributed by atoms with Crippen molar-refractivity contribution in [2.75, 3.05) is 7.11 Å². The van der Waals surface area contributed by atoms with Gasteiger partial charge in [0, 0.05) is 11.0 Å². The Labute approximate surface area is 118 Å². The fourth-order valence-corrected chi connectivity index (χ4v) is 1.84. The second-order valence-electron chi connectivity index (χ2n) is 5.70. The molecule has 0 spiro atoms. The number of nitrogens with zero attached hydrogens (tertiary/aromatic N) is 3. The largest absolute Gasteiger partial charge is 0.466 e. The maximum absolute atomic E-state index is 12.5. The van der Waals surface area contributed by atoms with E-state index in [4.69, 9.17) is 4.74 Å². The van der Waals surface area contributed by atoms with Crippen molar-refractivity contribution in [3.05, 3.63) is 29.8 Å². The molecule has 106 valence electrons. The number of aromatic nitrogens is 3. The van der Waals surface area contributed by atoms with Crippen LogP contribution in [-0.4, -0.2) is 27.8 Å². The Morgan fingerprint density at radius 3 is 2.45 bits per heavy atom. The molecule has 1 aromatic heterocycles. The molecule has 2 rings (SSSR count). The lowest BCUT2D eigenvalue weighted by Crippen LogP contribution is -2.28. The molecular weight excluding hydrogens is 254 g/mol. The maximum atomic E-state index is 12.5. The van der Waals surface area contributed by atoms with Crippen molar-refractivity contribution in [2.24, 2.45) is 5.41 Å². The van der Waals surface area contributed by atoms with Gasteiger partial charge >= 0.3 is 6.01 Å². The van der Waals surface area contributed by atoms with Gasteiger partial charge in [-0.15, -0.1) is 5.10 Å². The van der Waals surface area contributed by atoms with Crippen molar-refractivity contribution in [2.45, 2.75) is 27.7 Å². The summed E-state index contributed by atoms with van der Waals surface area (Å²) < 4.78 is 6.40. The van der Waals surface area contributed by atoms with Crippen LogP contribution < -0.4 is 4.74 Å². The van der Waals surface area contributed by atoms with Crippen LogP contribution in [0.4, 0.5) is 0 Å². The number of aryl methyl sites for hydroxylation is 1. The number of methoxy groups -OCH3 is 1. The minimum absolute atomic E-state index is 0.119. The Bertz CT molecular complexity index is 639. The highest BCUT2D eigenvalue weighted by atomic mass is 16.5. The zero-order chi connectivity index (χ0) is 14.9. The van der Waals surface area contributed by atoms with E-state index in [0.717, 1.165) is 11.1 Å². The molecule has 1 heterocycles. The molecule has 20 heavy (non-hydrogen) atoms. The predicted molar refractivity (Wildman–Crippen MR) is 76.8 cm³/mol. The number of rotatable bonds is 2. The van der Waals surface area contributed by atoms with E-state index < -0.39 is 5.41 Å². The summed E-state index contributed by atoms with van der Waals surface area (Å²) in [6, 6.07) is 7.95. The number of hydrogen-bond donors (Lipinski definition) is 0. The van der Waals surface area contributed by atoms with Crippen molar-refractivity contribution in [3.8, 4) is 17.4 Å². The molecule has 2 aromatic rings. The van der Waals surface area contributed by atoms with Crippen LogP contribution in [-0.2, 0) is 0 Å². The standard InChI is InChI=1S/C15H19N3O2/c1-10-8-6-7-9-11(10)12-16-14(20-5)17-18(12)13(19)15(2,3)4/h6-9H,1-5H3. The van der Waals surface area contributed by atoms with Gasteiger partial charge < -0.3 is 4.74 Å². The summed E-state index contributed by atoms with van der Waals surface area (Å²) in [6.07, 6.45) is 0. The quantitative estimate of drug-likeness (QED) is 0.844. The van der Waals surface area contributed by atoms with E-state index in [2.05, 4.69) is 10.1 Å². The summed E-state index contributed by atoms with van der Waals surface area (Å²) in [5.41, 5.74) is 1.36. The van der Waals surface area contributed by atoms with Crippen LogP contribution in [0.25, 0.3) is 11.4 Å². The van der Waals surface area contributed by atoms with Gasteiger partial charge in [-0.2, -0.15) is 9.67 Å². The smallest absolute Gasteiger partial charge is 0.336 e. The summed E-state index contributed by atoms with van der Waals surface area (Å²) >= 11 is 0. The number of ether oxygens (including phenoxy) is 1. The third kappa shape index (κ3) is 2.57.